The molecular weight excluding hydrogens is 313 g/mol. The van der Waals surface area contributed by atoms with Crippen molar-refractivity contribution >= 4 is 21.6 Å². The summed E-state index contributed by atoms with van der Waals surface area (Å²) in [6.45, 7) is 0. The molecule has 0 bridgehead atoms. The Morgan fingerprint density at radius 2 is 1.76 bits per heavy atom. The van der Waals surface area contributed by atoms with Crippen LogP contribution in [0.2, 0.25) is 5.02 Å². The van der Waals surface area contributed by atoms with E-state index in [4.69, 9.17) is 11.6 Å². The van der Waals surface area contributed by atoms with Gasteiger partial charge in [0.2, 0.25) is 10.0 Å². The molecule has 2 aromatic rings. The molecule has 0 spiro atoms. The van der Waals surface area contributed by atoms with Gasteiger partial charge in [-0.3, -0.25) is 0 Å². The van der Waals surface area contributed by atoms with Crippen molar-refractivity contribution in [1.29, 1.82) is 0 Å². The lowest BCUT2D eigenvalue weighted by Crippen LogP contribution is -2.34. The van der Waals surface area contributed by atoms with Crippen molar-refractivity contribution in [2.24, 2.45) is 0 Å². The summed E-state index contributed by atoms with van der Waals surface area (Å²) in [7, 11) is -3.66. The van der Waals surface area contributed by atoms with Crippen LogP contribution >= 0.6 is 11.6 Å². The summed E-state index contributed by atoms with van der Waals surface area (Å²) in [5.74, 6) is -0.341. The molecule has 21 heavy (non-hydrogen) atoms. The Morgan fingerprint density at radius 1 is 1.10 bits per heavy atom. The maximum atomic E-state index is 13.0. The molecule has 0 aromatic heterocycles. The van der Waals surface area contributed by atoms with E-state index in [0.717, 1.165) is 5.56 Å². The molecule has 1 saturated carbocycles. The number of hydrogen-bond acceptors (Lipinski definition) is 2. The van der Waals surface area contributed by atoms with Crippen LogP contribution in [0.4, 0.5) is 4.39 Å². The summed E-state index contributed by atoms with van der Waals surface area (Å²) in [5.41, 5.74) is 0.143. The smallest absolute Gasteiger partial charge is 0.207 e. The Hall–Kier alpha value is -1.43. The third-order valence-electron chi connectivity index (χ3n) is 3.58. The van der Waals surface area contributed by atoms with Crippen molar-refractivity contribution in [2.75, 3.05) is 0 Å². The first-order chi connectivity index (χ1) is 9.91. The van der Waals surface area contributed by atoms with Gasteiger partial charge in [0.1, 0.15) is 5.82 Å². The summed E-state index contributed by atoms with van der Waals surface area (Å²) in [4.78, 5) is 0.128. The Kier molecular flexibility index (Phi) is 3.51. The Labute approximate surface area is 127 Å². The summed E-state index contributed by atoms with van der Waals surface area (Å²) in [6.07, 6.45) is 1.39. The molecule has 0 saturated heterocycles. The molecule has 0 unspecified atom stereocenters. The zero-order valence-corrected chi connectivity index (χ0v) is 12.6. The maximum Gasteiger partial charge on any atom is 0.241 e. The highest BCUT2D eigenvalue weighted by atomic mass is 35.5. The van der Waals surface area contributed by atoms with E-state index >= 15 is 0 Å². The van der Waals surface area contributed by atoms with Crippen molar-refractivity contribution in [3.8, 4) is 0 Å². The lowest BCUT2D eigenvalue weighted by molar-refractivity contribution is 0.551. The monoisotopic (exact) mass is 325 g/mol. The molecule has 6 heteroatoms. The van der Waals surface area contributed by atoms with Crippen LogP contribution < -0.4 is 4.72 Å². The van der Waals surface area contributed by atoms with E-state index < -0.39 is 15.6 Å². The third kappa shape index (κ3) is 2.95. The van der Waals surface area contributed by atoms with Crippen molar-refractivity contribution in [3.05, 3.63) is 64.9 Å². The fourth-order valence-corrected chi connectivity index (χ4v) is 4.04. The van der Waals surface area contributed by atoms with Gasteiger partial charge in [0.05, 0.1) is 10.4 Å². The van der Waals surface area contributed by atoms with Crippen LogP contribution in [0.3, 0.4) is 0 Å². The predicted octanol–water partition coefficient (Wildman–Crippen LogP) is 3.45. The molecule has 1 aliphatic carbocycles. The minimum absolute atomic E-state index is 0.128. The molecule has 3 rings (SSSR count). The molecule has 0 radical (unpaired) electrons. The first-order valence-electron chi connectivity index (χ1n) is 6.47. The fraction of sp³-hybridized carbons (Fsp3) is 0.200. The Morgan fingerprint density at radius 3 is 2.33 bits per heavy atom. The summed E-state index contributed by atoms with van der Waals surface area (Å²) in [6, 6.07) is 12.0. The van der Waals surface area contributed by atoms with E-state index in [1.807, 2.05) is 0 Å². The standard InChI is InChI=1S/C15H13ClFNO2S/c16-12-2-1-3-14(10-12)21(19,20)18-15(8-9-15)11-4-6-13(17)7-5-11/h1-7,10,18H,8-9H2. The lowest BCUT2D eigenvalue weighted by Gasteiger charge is -2.18. The van der Waals surface area contributed by atoms with Gasteiger partial charge in [0, 0.05) is 5.02 Å². The molecule has 0 amide bonds. The lowest BCUT2D eigenvalue weighted by atomic mass is 10.1. The van der Waals surface area contributed by atoms with Crippen LogP contribution in [-0.4, -0.2) is 8.42 Å². The highest BCUT2D eigenvalue weighted by Gasteiger charge is 2.47. The van der Waals surface area contributed by atoms with E-state index in [-0.39, 0.29) is 10.7 Å². The molecule has 1 N–H and O–H groups in total. The molecule has 0 aliphatic heterocycles. The third-order valence-corrected chi connectivity index (χ3v) is 5.35. The van der Waals surface area contributed by atoms with Crippen molar-refractivity contribution in [1.82, 2.24) is 4.72 Å². The molecule has 110 valence electrons. The van der Waals surface area contributed by atoms with Gasteiger partial charge in [-0.15, -0.1) is 0 Å². The normalized spacial score (nSPS) is 16.7. The van der Waals surface area contributed by atoms with Gasteiger partial charge >= 0.3 is 0 Å². The largest absolute Gasteiger partial charge is 0.241 e. The second-order valence-electron chi connectivity index (χ2n) is 5.15. The van der Waals surface area contributed by atoms with Gasteiger partial charge in [-0.1, -0.05) is 29.8 Å². The van der Waals surface area contributed by atoms with Gasteiger partial charge in [-0.25, -0.2) is 17.5 Å². The topological polar surface area (TPSA) is 46.2 Å². The quantitative estimate of drug-likeness (QED) is 0.936. The second-order valence-corrected chi connectivity index (χ2v) is 7.27. The molecule has 3 nitrogen and oxygen atoms in total. The van der Waals surface area contributed by atoms with Crippen LogP contribution in [0, 0.1) is 5.82 Å². The summed E-state index contributed by atoms with van der Waals surface area (Å²) < 4.78 is 40.6. The minimum atomic E-state index is -3.66. The number of hydrogen-bond donors (Lipinski definition) is 1. The van der Waals surface area contributed by atoms with Gasteiger partial charge in [-0.05, 0) is 48.7 Å². The molecule has 1 fully saturated rings. The van der Waals surface area contributed by atoms with Gasteiger partial charge in [-0.2, -0.15) is 0 Å². The molecule has 2 aromatic carbocycles. The first kappa shape index (κ1) is 14.5. The fourth-order valence-electron chi connectivity index (χ4n) is 2.29. The van der Waals surface area contributed by atoms with Gasteiger partial charge < -0.3 is 0 Å². The zero-order valence-electron chi connectivity index (χ0n) is 11.0. The highest BCUT2D eigenvalue weighted by molar-refractivity contribution is 7.89. The van der Waals surface area contributed by atoms with Crippen LogP contribution in [0.5, 0.6) is 0 Å². The minimum Gasteiger partial charge on any atom is -0.207 e. The second kappa shape index (κ2) is 5.09. The number of benzene rings is 2. The number of rotatable bonds is 4. The van der Waals surface area contributed by atoms with Crippen LogP contribution in [0.15, 0.2) is 53.4 Å². The Balaban J connectivity index is 1.90. The van der Waals surface area contributed by atoms with E-state index in [9.17, 15) is 12.8 Å². The number of nitrogens with one attached hydrogen (secondary N) is 1. The predicted molar refractivity (Wildman–Crippen MR) is 79.1 cm³/mol. The zero-order chi connectivity index (χ0) is 15.1. The maximum absolute atomic E-state index is 13.0. The average Bonchev–Trinajstić information content (AvgIpc) is 3.19. The first-order valence-corrected chi connectivity index (χ1v) is 8.33. The van der Waals surface area contributed by atoms with E-state index in [0.29, 0.717) is 17.9 Å². The van der Waals surface area contributed by atoms with Crippen molar-refractivity contribution < 1.29 is 12.8 Å². The average molecular weight is 326 g/mol. The van der Waals surface area contributed by atoms with Crippen molar-refractivity contribution in [2.45, 2.75) is 23.3 Å². The molecular formula is C15H13ClFNO2S. The van der Waals surface area contributed by atoms with Gasteiger partial charge in [0.25, 0.3) is 0 Å². The van der Waals surface area contributed by atoms with Crippen LogP contribution in [-0.2, 0) is 15.6 Å². The Bertz CT molecular complexity index is 771. The van der Waals surface area contributed by atoms with E-state index in [2.05, 4.69) is 4.72 Å². The molecule has 1 aliphatic rings. The van der Waals surface area contributed by atoms with Crippen LogP contribution in [0.25, 0.3) is 0 Å². The summed E-state index contributed by atoms with van der Waals surface area (Å²) in [5, 5.41) is 0.365. The number of halogens is 2. The SMILES string of the molecule is O=S(=O)(NC1(c2ccc(F)cc2)CC1)c1cccc(Cl)c1. The highest BCUT2D eigenvalue weighted by Crippen LogP contribution is 2.46. The van der Waals surface area contributed by atoms with Gasteiger partial charge in [0.15, 0.2) is 0 Å². The van der Waals surface area contributed by atoms with E-state index in [1.54, 1.807) is 24.3 Å². The van der Waals surface area contributed by atoms with E-state index in [1.165, 1.54) is 24.3 Å². The van der Waals surface area contributed by atoms with Crippen LogP contribution in [0.1, 0.15) is 18.4 Å². The molecule has 0 heterocycles. The van der Waals surface area contributed by atoms with Crippen molar-refractivity contribution in [3.63, 3.8) is 0 Å². The molecule has 0 atom stereocenters. The summed E-state index contributed by atoms with van der Waals surface area (Å²) >= 11 is 5.84. The number of sulfonamides is 1.